The lowest BCUT2D eigenvalue weighted by atomic mass is 10.1. The summed E-state index contributed by atoms with van der Waals surface area (Å²) < 4.78 is 9.98. The minimum Gasteiger partial charge on any atom is -0.425 e. The van der Waals surface area contributed by atoms with E-state index in [-0.39, 0.29) is 11.9 Å². The van der Waals surface area contributed by atoms with Gasteiger partial charge in [0.05, 0.1) is 12.0 Å². The SMILES string of the molecule is C[C@H]1CC(=O)O[C@H]1OC(=O)c1ccccc1. The van der Waals surface area contributed by atoms with Gasteiger partial charge in [0, 0.05) is 5.92 Å². The van der Waals surface area contributed by atoms with Crippen LogP contribution in [-0.2, 0) is 14.3 Å². The van der Waals surface area contributed by atoms with E-state index in [0.717, 1.165) is 0 Å². The van der Waals surface area contributed by atoms with Crippen molar-refractivity contribution in [3.63, 3.8) is 0 Å². The maximum Gasteiger partial charge on any atom is 0.341 e. The molecule has 1 saturated heterocycles. The summed E-state index contributed by atoms with van der Waals surface area (Å²) in [7, 11) is 0. The van der Waals surface area contributed by atoms with Crippen molar-refractivity contribution in [1.29, 1.82) is 0 Å². The van der Waals surface area contributed by atoms with Crippen LogP contribution in [0.5, 0.6) is 0 Å². The standard InChI is InChI=1S/C12H12O4/c1-8-7-10(13)15-12(8)16-11(14)9-5-3-2-4-6-9/h2-6,8,12H,7H2,1H3/t8-,12-/m0/s1. The lowest BCUT2D eigenvalue weighted by Crippen LogP contribution is -2.22. The first kappa shape index (κ1) is 10.7. The van der Waals surface area contributed by atoms with E-state index < -0.39 is 12.3 Å². The van der Waals surface area contributed by atoms with Gasteiger partial charge in [0.25, 0.3) is 6.29 Å². The third kappa shape index (κ3) is 2.21. The van der Waals surface area contributed by atoms with Crippen molar-refractivity contribution >= 4 is 11.9 Å². The average Bonchev–Trinajstić information content (AvgIpc) is 2.59. The maximum atomic E-state index is 11.6. The third-order valence-corrected chi connectivity index (χ3v) is 2.43. The quantitative estimate of drug-likeness (QED) is 0.712. The predicted octanol–water partition coefficient (Wildman–Crippen LogP) is 1.75. The maximum absolute atomic E-state index is 11.6. The molecule has 1 heterocycles. The molecule has 4 nitrogen and oxygen atoms in total. The van der Waals surface area contributed by atoms with Crippen LogP contribution in [0.3, 0.4) is 0 Å². The highest BCUT2D eigenvalue weighted by Crippen LogP contribution is 2.23. The van der Waals surface area contributed by atoms with Crippen molar-refractivity contribution < 1.29 is 19.1 Å². The number of ether oxygens (including phenoxy) is 2. The fourth-order valence-corrected chi connectivity index (χ4v) is 1.54. The molecular weight excluding hydrogens is 208 g/mol. The summed E-state index contributed by atoms with van der Waals surface area (Å²) in [5, 5.41) is 0. The number of cyclic esters (lactones) is 1. The monoisotopic (exact) mass is 220 g/mol. The van der Waals surface area contributed by atoms with Gasteiger partial charge >= 0.3 is 11.9 Å². The van der Waals surface area contributed by atoms with Crippen molar-refractivity contribution in [2.75, 3.05) is 0 Å². The molecule has 0 saturated carbocycles. The first-order chi connectivity index (χ1) is 7.66. The number of hydrogen-bond acceptors (Lipinski definition) is 4. The van der Waals surface area contributed by atoms with Gasteiger partial charge in [-0.25, -0.2) is 4.79 Å². The molecule has 0 spiro atoms. The van der Waals surface area contributed by atoms with Crippen LogP contribution in [0.4, 0.5) is 0 Å². The molecule has 0 bridgehead atoms. The Balaban J connectivity index is 2.01. The van der Waals surface area contributed by atoms with Crippen molar-refractivity contribution in [2.45, 2.75) is 19.6 Å². The molecule has 1 aromatic rings. The molecular formula is C12H12O4. The molecule has 16 heavy (non-hydrogen) atoms. The van der Waals surface area contributed by atoms with Crippen LogP contribution < -0.4 is 0 Å². The minimum atomic E-state index is -0.750. The highest BCUT2D eigenvalue weighted by Gasteiger charge is 2.34. The molecule has 1 aromatic carbocycles. The first-order valence-corrected chi connectivity index (χ1v) is 5.12. The molecule has 0 aliphatic carbocycles. The highest BCUT2D eigenvalue weighted by atomic mass is 16.7. The van der Waals surface area contributed by atoms with E-state index in [0.29, 0.717) is 12.0 Å². The van der Waals surface area contributed by atoms with E-state index in [1.807, 2.05) is 13.0 Å². The normalized spacial score (nSPS) is 23.9. The summed E-state index contributed by atoms with van der Waals surface area (Å²) in [4.78, 5) is 22.6. The molecule has 1 aliphatic rings. The number of hydrogen-bond donors (Lipinski definition) is 0. The van der Waals surface area contributed by atoms with Crippen LogP contribution in [0.2, 0.25) is 0 Å². The molecule has 2 rings (SSSR count). The molecule has 0 unspecified atom stereocenters. The van der Waals surface area contributed by atoms with Crippen LogP contribution in [0.1, 0.15) is 23.7 Å². The highest BCUT2D eigenvalue weighted by molar-refractivity contribution is 5.89. The number of benzene rings is 1. The topological polar surface area (TPSA) is 52.6 Å². The van der Waals surface area contributed by atoms with Crippen LogP contribution in [0.25, 0.3) is 0 Å². The molecule has 0 amide bonds. The number of rotatable bonds is 2. The zero-order valence-corrected chi connectivity index (χ0v) is 8.88. The Morgan fingerprint density at radius 3 is 2.62 bits per heavy atom. The Kier molecular flexibility index (Phi) is 2.90. The second kappa shape index (κ2) is 4.35. The summed E-state index contributed by atoms with van der Waals surface area (Å²) >= 11 is 0. The Morgan fingerprint density at radius 2 is 2.06 bits per heavy atom. The van der Waals surface area contributed by atoms with E-state index >= 15 is 0 Å². The van der Waals surface area contributed by atoms with Gasteiger partial charge in [0.15, 0.2) is 0 Å². The van der Waals surface area contributed by atoms with Crippen LogP contribution in [-0.4, -0.2) is 18.2 Å². The van der Waals surface area contributed by atoms with E-state index in [1.165, 1.54) is 0 Å². The second-order valence-corrected chi connectivity index (χ2v) is 3.81. The summed E-state index contributed by atoms with van der Waals surface area (Å²) in [6.45, 7) is 1.81. The molecule has 1 aliphatic heterocycles. The van der Waals surface area contributed by atoms with Crippen molar-refractivity contribution in [2.24, 2.45) is 5.92 Å². The van der Waals surface area contributed by atoms with Crippen LogP contribution in [0, 0.1) is 5.92 Å². The Hall–Kier alpha value is -1.84. The van der Waals surface area contributed by atoms with E-state index in [9.17, 15) is 9.59 Å². The zero-order valence-electron chi connectivity index (χ0n) is 8.88. The van der Waals surface area contributed by atoms with Gasteiger partial charge in [-0.3, -0.25) is 4.79 Å². The second-order valence-electron chi connectivity index (χ2n) is 3.81. The third-order valence-electron chi connectivity index (χ3n) is 2.43. The first-order valence-electron chi connectivity index (χ1n) is 5.12. The Morgan fingerprint density at radius 1 is 1.38 bits per heavy atom. The predicted molar refractivity (Wildman–Crippen MR) is 55.5 cm³/mol. The van der Waals surface area contributed by atoms with Gasteiger partial charge in [-0.2, -0.15) is 0 Å². The zero-order chi connectivity index (χ0) is 11.5. The van der Waals surface area contributed by atoms with Gasteiger partial charge in [0.2, 0.25) is 0 Å². The van der Waals surface area contributed by atoms with Crippen molar-refractivity contribution in [1.82, 2.24) is 0 Å². The number of carbonyl (C=O) groups is 2. The molecule has 0 N–H and O–H groups in total. The van der Waals surface area contributed by atoms with Crippen LogP contribution in [0.15, 0.2) is 30.3 Å². The van der Waals surface area contributed by atoms with Crippen molar-refractivity contribution in [3.05, 3.63) is 35.9 Å². The molecule has 4 heteroatoms. The van der Waals surface area contributed by atoms with Crippen LogP contribution >= 0.6 is 0 Å². The largest absolute Gasteiger partial charge is 0.425 e. The summed E-state index contributed by atoms with van der Waals surface area (Å²) in [6.07, 6.45) is -0.451. The fraction of sp³-hybridized carbons (Fsp3) is 0.333. The van der Waals surface area contributed by atoms with Gasteiger partial charge < -0.3 is 9.47 Å². The Bertz CT molecular complexity index is 399. The molecule has 0 aromatic heterocycles. The molecule has 84 valence electrons. The van der Waals surface area contributed by atoms with E-state index in [1.54, 1.807) is 24.3 Å². The van der Waals surface area contributed by atoms with Crippen molar-refractivity contribution in [3.8, 4) is 0 Å². The summed E-state index contributed by atoms with van der Waals surface area (Å²) in [5.41, 5.74) is 0.456. The van der Waals surface area contributed by atoms with E-state index in [4.69, 9.17) is 9.47 Å². The molecule has 2 atom stereocenters. The average molecular weight is 220 g/mol. The lowest BCUT2D eigenvalue weighted by molar-refractivity contribution is -0.156. The Labute approximate surface area is 93.2 Å². The molecule has 0 radical (unpaired) electrons. The van der Waals surface area contributed by atoms with Gasteiger partial charge in [-0.15, -0.1) is 0 Å². The number of esters is 2. The van der Waals surface area contributed by atoms with Gasteiger partial charge in [-0.1, -0.05) is 25.1 Å². The van der Waals surface area contributed by atoms with Gasteiger partial charge in [-0.05, 0) is 12.1 Å². The number of carbonyl (C=O) groups excluding carboxylic acids is 2. The lowest BCUT2D eigenvalue weighted by Gasteiger charge is -2.14. The molecule has 1 fully saturated rings. The summed E-state index contributed by atoms with van der Waals surface area (Å²) in [5.74, 6) is -0.870. The fourth-order valence-electron chi connectivity index (χ4n) is 1.54. The minimum absolute atomic E-state index is 0.0832. The smallest absolute Gasteiger partial charge is 0.341 e. The van der Waals surface area contributed by atoms with Gasteiger partial charge in [0.1, 0.15) is 0 Å². The summed E-state index contributed by atoms with van der Waals surface area (Å²) in [6, 6.07) is 8.63. The van der Waals surface area contributed by atoms with E-state index in [2.05, 4.69) is 0 Å².